The predicted molar refractivity (Wildman–Crippen MR) is 57.8 cm³/mol. The average molecular weight is 258 g/mol. The van der Waals surface area contributed by atoms with Crippen LogP contribution in [0.4, 0.5) is 0 Å². The summed E-state index contributed by atoms with van der Waals surface area (Å²) in [5, 5.41) is 3.16. The van der Waals surface area contributed by atoms with Crippen LogP contribution in [0.25, 0.3) is 0 Å². The van der Waals surface area contributed by atoms with Gasteiger partial charge in [-0.25, -0.2) is 4.79 Å². The standard InChI is InChI=1S/C10H12BrNO2/c1-3-10(4-6-12-7-5-10)14-9(13)8(2)11/h1,12H,2,4-7H2. The highest BCUT2D eigenvalue weighted by molar-refractivity contribution is 9.12. The topological polar surface area (TPSA) is 38.3 Å². The molecule has 0 bridgehead atoms. The Bertz CT molecular complexity index is 287. The molecule has 0 atom stereocenters. The number of hydrogen-bond acceptors (Lipinski definition) is 3. The molecule has 0 aliphatic carbocycles. The minimum Gasteiger partial charge on any atom is -0.442 e. The van der Waals surface area contributed by atoms with Gasteiger partial charge in [0.1, 0.15) is 0 Å². The highest BCUT2D eigenvalue weighted by Gasteiger charge is 2.34. The Morgan fingerprint density at radius 2 is 2.14 bits per heavy atom. The third-order valence-corrected chi connectivity index (χ3v) is 2.51. The molecule has 1 N–H and O–H groups in total. The maximum absolute atomic E-state index is 11.3. The minimum absolute atomic E-state index is 0.200. The molecule has 1 rings (SSSR count). The number of ether oxygens (including phenoxy) is 1. The maximum atomic E-state index is 11.3. The van der Waals surface area contributed by atoms with Crippen LogP contribution in [0.1, 0.15) is 12.8 Å². The lowest BCUT2D eigenvalue weighted by Crippen LogP contribution is -2.44. The second kappa shape index (κ2) is 4.63. The van der Waals surface area contributed by atoms with E-state index in [1.54, 1.807) is 0 Å². The fourth-order valence-electron chi connectivity index (χ4n) is 1.34. The maximum Gasteiger partial charge on any atom is 0.346 e. The molecule has 0 spiro atoms. The number of nitrogens with one attached hydrogen (secondary N) is 1. The average Bonchev–Trinajstić information content (AvgIpc) is 2.19. The van der Waals surface area contributed by atoms with Crippen LogP contribution in [0.2, 0.25) is 0 Å². The highest BCUT2D eigenvalue weighted by Crippen LogP contribution is 2.24. The molecule has 0 unspecified atom stereocenters. The molecule has 3 nitrogen and oxygen atoms in total. The van der Waals surface area contributed by atoms with E-state index in [4.69, 9.17) is 11.2 Å². The van der Waals surface area contributed by atoms with Crippen molar-refractivity contribution in [1.82, 2.24) is 5.32 Å². The van der Waals surface area contributed by atoms with Crippen molar-refractivity contribution in [2.45, 2.75) is 18.4 Å². The van der Waals surface area contributed by atoms with Gasteiger partial charge in [0.05, 0.1) is 4.48 Å². The zero-order valence-corrected chi connectivity index (χ0v) is 9.39. The second-order valence-corrected chi connectivity index (χ2v) is 4.14. The summed E-state index contributed by atoms with van der Waals surface area (Å²) in [6.07, 6.45) is 6.68. The van der Waals surface area contributed by atoms with Crippen molar-refractivity contribution in [2.24, 2.45) is 0 Å². The molecular formula is C10H12BrNO2. The molecule has 0 aromatic heterocycles. The number of carbonyl (C=O) groups is 1. The van der Waals surface area contributed by atoms with E-state index in [9.17, 15) is 4.79 Å². The van der Waals surface area contributed by atoms with Crippen LogP contribution < -0.4 is 5.32 Å². The van der Waals surface area contributed by atoms with E-state index in [0.29, 0.717) is 12.8 Å². The Balaban J connectivity index is 2.66. The molecule has 0 aromatic rings. The van der Waals surface area contributed by atoms with Gasteiger partial charge in [-0.05, 0) is 29.0 Å². The zero-order chi connectivity index (χ0) is 10.6. The molecule has 0 radical (unpaired) electrons. The summed E-state index contributed by atoms with van der Waals surface area (Å²) < 4.78 is 5.43. The van der Waals surface area contributed by atoms with Crippen molar-refractivity contribution in [3.8, 4) is 12.3 Å². The number of rotatable bonds is 2. The molecule has 0 saturated carbocycles. The third kappa shape index (κ3) is 2.60. The normalized spacial score (nSPS) is 19.4. The van der Waals surface area contributed by atoms with Gasteiger partial charge in [-0.3, -0.25) is 0 Å². The van der Waals surface area contributed by atoms with E-state index >= 15 is 0 Å². The summed E-state index contributed by atoms with van der Waals surface area (Å²) in [5.41, 5.74) is -0.751. The molecule has 14 heavy (non-hydrogen) atoms. The highest BCUT2D eigenvalue weighted by atomic mass is 79.9. The van der Waals surface area contributed by atoms with Gasteiger partial charge < -0.3 is 10.1 Å². The van der Waals surface area contributed by atoms with Crippen molar-refractivity contribution in [3.05, 3.63) is 11.1 Å². The van der Waals surface area contributed by atoms with Crippen LogP contribution in [0, 0.1) is 12.3 Å². The summed E-state index contributed by atoms with van der Waals surface area (Å²) in [5.74, 6) is 2.08. The monoisotopic (exact) mass is 257 g/mol. The van der Waals surface area contributed by atoms with Crippen LogP contribution in [0.15, 0.2) is 11.1 Å². The van der Waals surface area contributed by atoms with Gasteiger partial charge in [0.15, 0.2) is 5.60 Å². The number of carbonyl (C=O) groups excluding carboxylic acids is 1. The first-order chi connectivity index (χ1) is 6.59. The molecule has 0 amide bonds. The molecule has 1 aliphatic rings. The lowest BCUT2D eigenvalue weighted by Gasteiger charge is -2.32. The lowest BCUT2D eigenvalue weighted by atomic mass is 9.93. The van der Waals surface area contributed by atoms with Crippen molar-refractivity contribution in [2.75, 3.05) is 13.1 Å². The van der Waals surface area contributed by atoms with Crippen LogP contribution in [-0.2, 0) is 9.53 Å². The molecular weight excluding hydrogens is 246 g/mol. The zero-order valence-electron chi connectivity index (χ0n) is 7.81. The number of esters is 1. The van der Waals surface area contributed by atoms with Crippen molar-refractivity contribution >= 4 is 21.9 Å². The van der Waals surface area contributed by atoms with Gasteiger partial charge >= 0.3 is 5.97 Å². The number of hydrogen-bond donors (Lipinski definition) is 1. The van der Waals surface area contributed by atoms with Crippen LogP contribution >= 0.6 is 15.9 Å². The third-order valence-electron chi connectivity index (χ3n) is 2.18. The largest absolute Gasteiger partial charge is 0.442 e. The summed E-state index contributed by atoms with van der Waals surface area (Å²) in [7, 11) is 0. The van der Waals surface area contributed by atoms with Gasteiger partial charge in [0, 0.05) is 12.8 Å². The smallest absolute Gasteiger partial charge is 0.346 e. The predicted octanol–water partition coefficient (Wildman–Crippen LogP) is 1.19. The van der Waals surface area contributed by atoms with E-state index in [1.165, 1.54) is 0 Å². The Kier molecular flexibility index (Phi) is 3.73. The molecule has 0 aromatic carbocycles. The van der Waals surface area contributed by atoms with E-state index in [-0.39, 0.29) is 4.48 Å². The SMILES string of the molecule is C#CC1(OC(=O)C(=C)Br)CCNCC1. The molecule has 1 fully saturated rings. The summed E-state index contributed by atoms with van der Waals surface area (Å²) in [6, 6.07) is 0. The Morgan fingerprint density at radius 3 is 2.57 bits per heavy atom. The Labute approximate surface area is 92.0 Å². The van der Waals surface area contributed by atoms with E-state index in [1.807, 2.05) is 0 Å². The number of halogens is 1. The van der Waals surface area contributed by atoms with Crippen LogP contribution in [-0.4, -0.2) is 24.7 Å². The summed E-state index contributed by atoms with van der Waals surface area (Å²) in [4.78, 5) is 11.3. The van der Waals surface area contributed by atoms with Crippen LogP contribution in [0.3, 0.4) is 0 Å². The van der Waals surface area contributed by atoms with E-state index in [0.717, 1.165) is 13.1 Å². The number of piperidine rings is 1. The first-order valence-corrected chi connectivity index (χ1v) is 5.15. The van der Waals surface area contributed by atoms with Gasteiger partial charge in [0.2, 0.25) is 0 Å². The van der Waals surface area contributed by atoms with Crippen molar-refractivity contribution < 1.29 is 9.53 Å². The summed E-state index contributed by atoms with van der Waals surface area (Å²) in [6.45, 7) is 4.98. The minimum atomic E-state index is -0.751. The first-order valence-electron chi connectivity index (χ1n) is 4.36. The first kappa shape index (κ1) is 11.3. The van der Waals surface area contributed by atoms with Crippen molar-refractivity contribution in [3.63, 3.8) is 0 Å². The van der Waals surface area contributed by atoms with Gasteiger partial charge in [-0.2, -0.15) is 0 Å². The number of terminal acetylenes is 1. The van der Waals surface area contributed by atoms with Gasteiger partial charge in [-0.15, -0.1) is 6.42 Å². The van der Waals surface area contributed by atoms with E-state index in [2.05, 4.69) is 33.7 Å². The molecule has 76 valence electrons. The quantitative estimate of drug-likeness (QED) is 0.459. The lowest BCUT2D eigenvalue weighted by molar-refractivity contribution is -0.150. The van der Waals surface area contributed by atoms with Crippen LogP contribution in [0.5, 0.6) is 0 Å². The molecule has 1 saturated heterocycles. The molecule has 1 aliphatic heterocycles. The molecule has 1 heterocycles. The second-order valence-electron chi connectivity index (χ2n) is 3.18. The molecule has 4 heteroatoms. The van der Waals surface area contributed by atoms with E-state index < -0.39 is 11.6 Å². The Hall–Kier alpha value is -0.790. The summed E-state index contributed by atoms with van der Waals surface area (Å²) >= 11 is 2.97. The van der Waals surface area contributed by atoms with Gasteiger partial charge in [-0.1, -0.05) is 12.5 Å². The van der Waals surface area contributed by atoms with Crippen molar-refractivity contribution in [1.29, 1.82) is 0 Å². The Morgan fingerprint density at radius 1 is 1.57 bits per heavy atom. The van der Waals surface area contributed by atoms with Gasteiger partial charge in [0.25, 0.3) is 0 Å². The fourth-order valence-corrected chi connectivity index (χ4v) is 1.42. The fraction of sp³-hybridized carbons (Fsp3) is 0.500.